The lowest BCUT2D eigenvalue weighted by molar-refractivity contribution is -0.155. The number of nitrogens with zero attached hydrogens (tertiary/aromatic N) is 4. The minimum Gasteiger partial charge on any atom is -0.374 e. The second-order valence-electron chi connectivity index (χ2n) is 7.72. The number of rotatable bonds is 3. The summed E-state index contributed by atoms with van der Waals surface area (Å²) in [5, 5.41) is 0. The first-order chi connectivity index (χ1) is 12.6. The van der Waals surface area contributed by atoms with Crippen molar-refractivity contribution in [3.05, 3.63) is 18.0 Å². The summed E-state index contributed by atoms with van der Waals surface area (Å²) in [5.74, 6) is 0.723. The van der Waals surface area contributed by atoms with Crippen LogP contribution in [0.25, 0.3) is 0 Å². The van der Waals surface area contributed by atoms with Gasteiger partial charge in [-0.1, -0.05) is 6.92 Å². The Kier molecular flexibility index (Phi) is 4.82. The molecule has 1 aromatic rings. The summed E-state index contributed by atoms with van der Waals surface area (Å²) < 4.78 is 20.5. The number of alkyl halides is 1. The predicted octanol–water partition coefficient (Wildman–Crippen LogP) is 1.98. The van der Waals surface area contributed by atoms with Crippen molar-refractivity contribution in [3.63, 3.8) is 0 Å². The molecule has 3 heterocycles. The number of aromatic nitrogens is 2. The van der Waals surface area contributed by atoms with Crippen LogP contribution < -0.4 is 4.90 Å². The summed E-state index contributed by atoms with van der Waals surface area (Å²) in [6.45, 7) is 5.32. The highest BCUT2D eigenvalue weighted by molar-refractivity contribution is 5.86. The third kappa shape index (κ3) is 3.29. The van der Waals surface area contributed by atoms with Crippen LogP contribution in [0.15, 0.2) is 12.4 Å². The monoisotopic (exact) mass is 362 g/mol. The second kappa shape index (κ2) is 7.10. The average Bonchev–Trinajstić information content (AvgIpc) is 2.87. The lowest BCUT2D eigenvalue weighted by Gasteiger charge is -2.42. The maximum atomic E-state index is 14.5. The standard InChI is InChI=1S/C19H27FN4O2/c1-2-14-10-21-18(22-11-14)24-8-9-26-16-13-23(7-4-15(16)12-24)17(25)19(20)5-3-6-19/h10-11,15-16H,2-9,12-13H2,1H3/t15-,16-/m1/s1. The molecular formula is C19H27FN4O2. The number of halogens is 1. The van der Waals surface area contributed by atoms with Gasteiger partial charge in [-0.2, -0.15) is 0 Å². The average molecular weight is 362 g/mol. The minimum atomic E-state index is -1.61. The molecule has 2 atom stereocenters. The summed E-state index contributed by atoms with van der Waals surface area (Å²) in [4.78, 5) is 25.3. The Labute approximate surface area is 153 Å². The fourth-order valence-corrected chi connectivity index (χ4v) is 4.10. The Balaban J connectivity index is 1.40. The van der Waals surface area contributed by atoms with Crippen molar-refractivity contribution in [1.29, 1.82) is 0 Å². The van der Waals surface area contributed by atoms with Crippen LogP contribution in [0, 0.1) is 5.92 Å². The van der Waals surface area contributed by atoms with E-state index in [2.05, 4.69) is 21.8 Å². The number of ether oxygens (including phenoxy) is 1. The van der Waals surface area contributed by atoms with Crippen molar-refractivity contribution in [3.8, 4) is 0 Å². The molecule has 3 aliphatic rings. The van der Waals surface area contributed by atoms with Crippen molar-refractivity contribution >= 4 is 11.9 Å². The Morgan fingerprint density at radius 3 is 2.73 bits per heavy atom. The van der Waals surface area contributed by atoms with E-state index in [1.807, 2.05) is 12.4 Å². The lowest BCUT2D eigenvalue weighted by atomic mass is 9.80. The largest absolute Gasteiger partial charge is 0.374 e. The number of amides is 1. The topological polar surface area (TPSA) is 58.6 Å². The first-order valence-electron chi connectivity index (χ1n) is 9.75. The summed E-state index contributed by atoms with van der Waals surface area (Å²) in [7, 11) is 0. The number of anilines is 1. The molecule has 0 N–H and O–H groups in total. The van der Waals surface area contributed by atoms with Gasteiger partial charge in [0.2, 0.25) is 5.95 Å². The quantitative estimate of drug-likeness (QED) is 0.823. The van der Waals surface area contributed by atoms with Gasteiger partial charge in [0.05, 0.1) is 12.7 Å². The number of carbonyl (C=O) groups is 1. The van der Waals surface area contributed by atoms with E-state index in [4.69, 9.17) is 4.74 Å². The van der Waals surface area contributed by atoms with Crippen LogP contribution in [-0.4, -0.2) is 65.3 Å². The lowest BCUT2D eigenvalue weighted by Crippen LogP contribution is -2.56. The van der Waals surface area contributed by atoms with Gasteiger partial charge >= 0.3 is 0 Å². The zero-order chi connectivity index (χ0) is 18.1. The Morgan fingerprint density at radius 2 is 2.08 bits per heavy atom. The summed E-state index contributed by atoms with van der Waals surface area (Å²) >= 11 is 0. The van der Waals surface area contributed by atoms with Gasteiger partial charge in [-0.15, -0.1) is 0 Å². The molecule has 26 heavy (non-hydrogen) atoms. The molecule has 6 nitrogen and oxygen atoms in total. The number of hydrogen-bond acceptors (Lipinski definition) is 5. The van der Waals surface area contributed by atoms with E-state index in [9.17, 15) is 9.18 Å². The van der Waals surface area contributed by atoms with Crippen LogP contribution in [0.3, 0.4) is 0 Å². The van der Waals surface area contributed by atoms with E-state index < -0.39 is 5.67 Å². The van der Waals surface area contributed by atoms with E-state index in [-0.39, 0.29) is 12.0 Å². The van der Waals surface area contributed by atoms with Gasteiger partial charge in [-0.05, 0) is 37.7 Å². The van der Waals surface area contributed by atoms with Gasteiger partial charge in [0, 0.05) is 44.5 Å². The minimum absolute atomic E-state index is 0.0312. The van der Waals surface area contributed by atoms with Gasteiger partial charge in [0.25, 0.3) is 5.91 Å². The maximum absolute atomic E-state index is 14.5. The van der Waals surface area contributed by atoms with Crippen molar-refractivity contribution in [1.82, 2.24) is 14.9 Å². The molecule has 2 aliphatic heterocycles. The maximum Gasteiger partial charge on any atom is 0.260 e. The Morgan fingerprint density at radius 1 is 1.31 bits per heavy atom. The summed E-state index contributed by atoms with van der Waals surface area (Å²) in [5.41, 5.74) is -0.487. The summed E-state index contributed by atoms with van der Waals surface area (Å²) in [6, 6.07) is 0. The molecule has 0 radical (unpaired) electrons. The second-order valence-corrected chi connectivity index (χ2v) is 7.72. The van der Waals surface area contributed by atoms with Crippen molar-refractivity contribution in [2.75, 3.05) is 37.7 Å². The molecule has 0 bridgehead atoms. The molecule has 2 saturated heterocycles. The highest BCUT2D eigenvalue weighted by Gasteiger charge is 2.48. The zero-order valence-electron chi connectivity index (χ0n) is 15.4. The normalized spacial score (nSPS) is 28.1. The molecular weight excluding hydrogens is 335 g/mol. The fraction of sp³-hybridized carbons (Fsp3) is 0.737. The molecule has 1 aliphatic carbocycles. The molecule has 142 valence electrons. The van der Waals surface area contributed by atoms with E-state index >= 15 is 0 Å². The van der Waals surface area contributed by atoms with Crippen LogP contribution in [0.2, 0.25) is 0 Å². The molecule has 3 fully saturated rings. The fourth-order valence-electron chi connectivity index (χ4n) is 4.10. The van der Waals surface area contributed by atoms with Crippen LogP contribution in [-0.2, 0) is 16.0 Å². The molecule has 1 amide bonds. The SMILES string of the molecule is CCc1cnc(N2CCO[C@@H]3CN(C(=O)C4(F)CCC4)CC[C@@H]3C2)nc1. The van der Waals surface area contributed by atoms with Crippen LogP contribution in [0.5, 0.6) is 0 Å². The van der Waals surface area contributed by atoms with Crippen LogP contribution in [0.1, 0.15) is 38.2 Å². The Hall–Kier alpha value is -1.76. The van der Waals surface area contributed by atoms with Gasteiger partial charge in [-0.25, -0.2) is 14.4 Å². The number of hydrogen-bond donors (Lipinski definition) is 0. The van der Waals surface area contributed by atoms with Crippen molar-refractivity contribution in [2.45, 2.75) is 50.8 Å². The zero-order valence-corrected chi connectivity index (χ0v) is 15.4. The van der Waals surface area contributed by atoms with E-state index in [0.29, 0.717) is 38.5 Å². The molecule has 0 spiro atoms. The molecule has 0 unspecified atom stereocenters. The van der Waals surface area contributed by atoms with E-state index in [0.717, 1.165) is 43.9 Å². The highest BCUT2D eigenvalue weighted by atomic mass is 19.1. The number of piperidine rings is 1. The first-order valence-corrected chi connectivity index (χ1v) is 9.75. The van der Waals surface area contributed by atoms with Crippen LogP contribution in [0.4, 0.5) is 10.3 Å². The van der Waals surface area contributed by atoms with Gasteiger partial charge in [0.1, 0.15) is 0 Å². The van der Waals surface area contributed by atoms with E-state index in [1.54, 1.807) is 4.90 Å². The highest BCUT2D eigenvalue weighted by Crippen LogP contribution is 2.38. The number of fused-ring (bicyclic) bond motifs is 1. The third-order valence-electron chi connectivity index (χ3n) is 6.04. The number of likely N-dealkylation sites (tertiary alicyclic amines) is 1. The molecule has 1 aromatic heterocycles. The number of aryl methyl sites for hydroxylation is 1. The molecule has 4 rings (SSSR count). The van der Waals surface area contributed by atoms with Crippen molar-refractivity contribution in [2.24, 2.45) is 5.92 Å². The van der Waals surface area contributed by atoms with Gasteiger partial charge < -0.3 is 14.5 Å². The van der Waals surface area contributed by atoms with Crippen LogP contribution >= 0.6 is 0 Å². The third-order valence-corrected chi connectivity index (χ3v) is 6.04. The summed E-state index contributed by atoms with van der Waals surface area (Å²) in [6.07, 6.45) is 7.04. The Bertz CT molecular complexity index is 649. The molecule has 0 aromatic carbocycles. The predicted molar refractivity (Wildman–Crippen MR) is 95.7 cm³/mol. The van der Waals surface area contributed by atoms with Crippen molar-refractivity contribution < 1.29 is 13.9 Å². The van der Waals surface area contributed by atoms with Gasteiger partial charge in [0.15, 0.2) is 5.67 Å². The number of carbonyl (C=O) groups excluding carboxylic acids is 1. The first kappa shape index (κ1) is 17.6. The molecule has 7 heteroatoms. The van der Waals surface area contributed by atoms with Gasteiger partial charge in [-0.3, -0.25) is 4.79 Å². The van der Waals surface area contributed by atoms with E-state index in [1.165, 1.54) is 0 Å². The molecule has 1 saturated carbocycles. The smallest absolute Gasteiger partial charge is 0.260 e.